The molecule has 1 aromatic heterocycles. The molecule has 0 aliphatic rings. The Labute approximate surface area is 139 Å². The lowest BCUT2D eigenvalue weighted by Gasteiger charge is -2.09. The highest BCUT2D eigenvalue weighted by Gasteiger charge is 2.06. The van der Waals surface area contributed by atoms with Crippen molar-refractivity contribution in [3.05, 3.63) is 76.6 Å². The fraction of sp³-hybridized carbons (Fsp3) is 0.176. The maximum atomic E-state index is 12.9. The molecule has 0 bridgehead atoms. The number of hydrogen-bond donors (Lipinski definition) is 2. The minimum Gasteiger partial charge on any atom is -0.378 e. The number of aryl methyl sites for hydroxylation is 1. The highest BCUT2D eigenvalue weighted by Crippen LogP contribution is 2.10. The van der Waals surface area contributed by atoms with Crippen LogP contribution in [-0.2, 0) is 19.5 Å². The van der Waals surface area contributed by atoms with Gasteiger partial charge in [0.25, 0.3) is 0 Å². The minimum atomic E-state index is -0.249. The molecule has 23 heavy (non-hydrogen) atoms. The summed E-state index contributed by atoms with van der Waals surface area (Å²) in [5.41, 5.74) is 2.10. The summed E-state index contributed by atoms with van der Waals surface area (Å²) in [6, 6.07) is 16.5. The van der Waals surface area contributed by atoms with E-state index in [0.717, 1.165) is 24.5 Å². The molecule has 0 saturated heterocycles. The van der Waals surface area contributed by atoms with Crippen LogP contribution in [-0.4, -0.2) is 14.8 Å². The van der Waals surface area contributed by atoms with Crippen molar-refractivity contribution >= 4 is 17.9 Å². The van der Waals surface area contributed by atoms with Gasteiger partial charge in [0.1, 0.15) is 5.82 Å². The Balaban J connectivity index is 1.66. The topological polar surface area (TPSA) is 45.6 Å². The highest BCUT2D eigenvalue weighted by molar-refractivity contribution is 7.71. The Morgan fingerprint density at radius 3 is 2.57 bits per heavy atom. The van der Waals surface area contributed by atoms with Gasteiger partial charge in [-0.15, -0.1) is 0 Å². The van der Waals surface area contributed by atoms with Crippen molar-refractivity contribution < 1.29 is 4.39 Å². The van der Waals surface area contributed by atoms with E-state index in [-0.39, 0.29) is 5.82 Å². The molecule has 0 aliphatic heterocycles. The fourth-order valence-corrected chi connectivity index (χ4v) is 2.59. The molecule has 0 saturated carbocycles. The summed E-state index contributed by atoms with van der Waals surface area (Å²) in [6.45, 7) is 1.29. The molecule has 4 nitrogen and oxygen atoms in total. The van der Waals surface area contributed by atoms with E-state index in [9.17, 15) is 4.39 Å². The van der Waals surface area contributed by atoms with E-state index >= 15 is 0 Å². The molecule has 0 radical (unpaired) electrons. The first kappa shape index (κ1) is 15.4. The second kappa shape index (κ2) is 7.19. The van der Waals surface area contributed by atoms with Crippen molar-refractivity contribution in [1.29, 1.82) is 0 Å². The van der Waals surface area contributed by atoms with Crippen LogP contribution in [0.15, 0.2) is 54.6 Å². The van der Waals surface area contributed by atoms with Crippen molar-refractivity contribution in [3.8, 4) is 0 Å². The lowest BCUT2D eigenvalue weighted by atomic mass is 10.1. The van der Waals surface area contributed by atoms with Gasteiger partial charge in [0.2, 0.25) is 0 Å². The van der Waals surface area contributed by atoms with Crippen LogP contribution in [0.5, 0.6) is 0 Å². The number of anilines is 1. The van der Waals surface area contributed by atoms with Gasteiger partial charge in [-0.2, -0.15) is 5.10 Å². The minimum absolute atomic E-state index is 0.249. The van der Waals surface area contributed by atoms with E-state index in [1.54, 1.807) is 12.1 Å². The molecule has 0 amide bonds. The zero-order valence-corrected chi connectivity index (χ0v) is 13.3. The quantitative estimate of drug-likeness (QED) is 0.674. The van der Waals surface area contributed by atoms with Crippen LogP contribution in [0.25, 0.3) is 0 Å². The SMILES string of the molecule is Fc1ccc(NCc2n[nH]c(=S)n2CCc2ccccc2)cc1. The van der Waals surface area contributed by atoms with E-state index < -0.39 is 0 Å². The average molecular weight is 328 g/mol. The van der Waals surface area contributed by atoms with E-state index in [0.29, 0.717) is 11.3 Å². The normalized spacial score (nSPS) is 10.7. The third-order valence-corrected chi connectivity index (χ3v) is 3.91. The van der Waals surface area contributed by atoms with Gasteiger partial charge in [-0.25, -0.2) is 4.39 Å². The second-order valence-electron chi connectivity index (χ2n) is 5.19. The Morgan fingerprint density at radius 2 is 1.83 bits per heavy atom. The van der Waals surface area contributed by atoms with Crippen LogP contribution in [0.2, 0.25) is 0 Å². The number of rotatable bonds is 6. The molecule has 0 atom stereocenters. The number of aromatic amines is 1. The van der Waals surface area contributed by atoms with Gasteiger partial charge in [-0.3, -0.25) is 5.10 Å². The third kappa shape index (κ3) is 4.04. The maximum Gasteiger partial charge on any atom is 0.195 e. The molecule has 0 unspecified atom stereocenters. The summed E-state index contributed by atoms with van der Waals surface area (Å²) in [4.78, 5) is 0. The van der Waals surface area contributed by atoms with E-state index in [1.165, 1.54) is 17.7 Å². The fourth-order valence-electron chi connectivity index (χ4n) is 2.35. The van der Waals surface area contributed by atoms with Gasteiger partial charge in [-0.1, -0.05) is 30.3 Å². The van der Waals surface area contributed by atoms with Crippen LogP contribution in [0.1, 0.15) is 11.4 Å². The number of hydrogen-bond acceptors (Lipinski definition) is 3. The number of H-pyrrole nitrogens is 1. The molecule has 0 aliphatic carbocycles. The monoisotopic (exact) mass is 328 g/mol. The van der Waals surface area contributed by atoms with E-state index in [2.05, 4.69) is 27.6 Å². The summed E-state index contributed by atoms with van der Waals surface area (Å²) in [5, 5.41) is 10.3. The van der Waals surface area contributed by atoms with E-state index in [1.807, 2.05) is 22.8 Å². The third-order valence-electron chi connectivity index (χ3n) is 3.60. The first-order chi connectivity index (χ1) is 11.2. The lowest BCUT2D eigenvalue weighted by Crippen LogP contribution is -2.10. The predicted molar refractivity (Wildman–Crippen MR) is 91.3 cm³/mol. The highest BCUT2D eigenvalue weighted by atomic mass is 32.1. The standard InChI is InChI=1S/C17H17FN4S/c18-14-6-8-15(9-7-14)19-12-16-20-21-17(23)22(16)11-10-13-4-2-1-3-5-13/h1-9,19H,10-12H2,(H,21,23). The molecular weight excluding hydrogens is 311 g/mol. The molecule has 118 valence electrons. The van der Waals surface area contributed by atoms with Crippen LogP contribution in [0, 0.1) is 10.6 Å². The molecule has 0 fully saturated rings. The van der Waals surface area contributed by atoms with Crippen molar-refractivity contribution in [1.82, 2.24) is 14.8 Å². The Morgan fingerprint density at radius 1 is 1.09 bits per heavy atom. The number of aromatic nitrogens is 3. The number of nitrogens with one attached hydrogen (secondary N) is 2. The van der Waals surface area contributed by atoms with Crippen LogP contribution in [0.4, 0.5) is 10.1 Å². The lowest BCUT2D eigenvalue weighted by molar-refractivity contribution is 0.628. The van der Waals surface area contributed by atoms with Crippen LogP contribution >= 0.6 is 12.2 Å². The zero-order chi connectivity index (χ0) is 16.1. The summed E-state index contributed by atoms with van der Waals surface area (Å²) in [5.74, 6) is 0.580. The van der Waals surface area contributed by atoms with Gasteiger partial charge in [0, 0.05) is 12.2 Å². The van der Waals surface area contributed by atoms with Gasteiger partial charge >= 0.3 is 0 Å². The number of benzene rings is 2. The van der Waals surface area contributed by atoms with E-state index in [4.69, 9.17) is 12.2 Å². The molecule has 0 spiro atoms. The Kier molecular flexibility index (Phi) is 4.83. The van der Waals surface area contributed by atoms with Gasteiger partial charge in [0.15, 0.2) is 10.6 Å². The van der Waals surface area contributed by atoms with Crippen molar-refractivity contribution in [2.24, 2.45) is 0 Å². The Bertz CT molecular complexity index is 809. The molecule has 2 N–H and O–H groups in total. The van der Waals surface area contributed by atoms with Crippen LogP contribution in [0.3, 0.4) is 0 Å². The molecule has 3 aromatic rings. The van der Waals surface area contributed by atoms with Crippen molar-refractivity contribution in [2.45, 2.75) is 19.5 Å². The molecule has 2 aromatic carbocycles. The first-order valence-corrected chi connectivity index (χ1v) is 7.80. The average Bonchev–Trinajstić information content (AvgIpc) is 2.93. The summed E-state index contributed by atoms with van der Waals surface area (Å²) in [7, 11) is 0. The second-order valence-corrected chi connectivity index (χ2v) is 5.58. The van der Waals surface area contributed by atoms with Crippen molar-refractivity contribution in [3.63, 3.8) is 0 Å². The maximum absolute atomic E-state index is 12.9. The molecule has 3 rings (SSSR count). The van der Waals surface area contributed by atoms with Gasteiger partial charge in [0.05, 0.1) is 6.54 Å². The zero-order valence-electron chi connectivity index (χ0n) is 12.5. The summed E-state index contributed by atoms with van der Waals surface area (Å²) in [6.07, 6.45) is 0.887. The summed E-state index contributed by atoms with van der Waals surface area (Å²) < 4.78 is 15.5. The molecule has 1 heterocycles. The number of nitrogens with zero attached hydrogens (tertiary/aromatic N) is 2. The largest absolute Gasteiger partial charge is 0.378 e. The summed E-state index contributed by atoms with van der Waals surface area (Å²) >= 11 is 5.30. The van der Waals surface area contributed by atoms with Crippen molar-refractivity contribution in [2.75, 3.05) is 5.32 Å². The van der Waals surface area contributed by atoms with Gasteiger partial charge < -0.3 is 9.88 Å². The van der Waals surface area contributed by atoms with Gasteiger partial charge in [-0.05, 0) is 48.5 Å². The predicted octanol–water partition coefficient (Wildman–Crippen LogP) is 3.93. The molecule has 6 heteroatoms. The smallest absolute Gasteiger partial charge is 0.195 e. The molecular formula is C17H17FN4S. The number of halogens is 1. The first-order valence-electron chi connectivity index (χ1n) is 7.40. The van der Waals surface area contributed by atoms with Crippen LogP contribution < -0.4 is 5.32 Å². The Hall–Kier alpha value is -2.47.